The second kappa shape index (κ2) is 9.29. The number of fused-ring (bicyclic) bond motifs is 1. The van der Waals surface area contributed by atoms with Gasteiger partial charge in [0.05, 0.1) is 10.5 Å². The van der Waals surface area contributed by atoms with Crippen molar-refractivity contribution in [3.05, 3.63) is 74.5 Å². The fraction of sp³-hybridized carbons (Fsp3) is 0.217. The number of amides is 1. The first-order valence-electron chi connectivity index (χ1n) is 10.4. The van der Waals surface area contributed by atoms with E-state index >= 15 is 0 Å². The number of anilines is 1. The van der Waals surface area contributed by atoms with Gasteiger partial charge in [0.25, 0.3) is 5.56 Å². The van der Waals surface area contributed by atoms with Crippen LogP contribution in [-0.4, -0.2) is 36.8 Å². The number of piperidine rings is 1. The molecular weight excluding hydrogens is 478 g/mol. The van der Waals surface area contributed by atoms with Crippen LogP contribution in [0.1, 0.15) is 18.4 Å². The van der Waals surface area contributed by atoms with Gasteiger partial charge in [0, 0.05) is 30.2 Å². The second-order valence-corrected chi connectivity index (χ2v) is 10.2. The highest BCUT2D eigenvalue weighted by Crippen LogP contribution is 2.28. The lowest BCUT2D eigenvalue weighted by Crippen LogP contribution is -2.40. The van der Waals surface area contributed by atoms with Crippen molar-refractivity contribution in [1.82, 2.24) is 9.38 Å². The van der Waals surface area contributed by atoms with E-state index in [1.54, 1.807) is 24.3 Å². The Morgan fingerprint density at radius 2 is 1.85 bits per heavy atom. The standard InChI is InChI=1S/C23H20ClN5O4S/c24-16-4-6-17(7-5-16)34(32,33)18(14-25)13-19-22(28-11-8-15(9-12-28)21(26)30)27-20-3-1-2-10-29(20)23(19)31/h1-7,10,13,15H,8-9,11-12H2,(H2,26,30)/b18-13+. The van der Waals surface area contributed by atoms with E-state index in [0.717, 1.165) is 6.08 Å². The lowest BCUT2D eigenvalue weighted by Gasteiger charge is -2.32. The Labute approximate surface area is 200 Å². The molecule has 0 radical (unpaired) electrons. The van der Waals surface area contributed by atoms with Gasteiger partial charge in [-0.2, -0.15) is 5.26 Å². The van der Waals surface area contributed by atoms with E-state index in [1.807, 2.05) is 4.90 Å². The Balaban J connectivity index is 1.87. The maximum atomic E-state index is 13.4. The zero-order valence-electron chi connectivity index (χ0n) is 17.9. The van der Waals surface area contributed by atoms with Crippen molar-refractivity contribution in [2.24, 2.45) is 11.7 Å². The highest BCUT2D eigenvalue weighted by atomic mass is 35.5. The minimum atomic E-state index is -4.22. The number of primary amides is 1. The van der Waals surface area contributed by atoms with Crippen molar-refractivity contribution in [2.45, 2.75) is 17.7 Å². The van der Waals surface area contributed by atoms with Crippen LogP contribution >= 0.6 is 11.6 Å². The smallest absolute Gasteiger partial charge is 0.267 e. The van der Waals surface area contributed by atoms with Gasteiger partial charge in [-0.05, 0) is 55.3 Å². The van der Waals surface area contributed by atoms with Crippen LogP contribution in [0.25, 0.3) is 11.7 Å². The summed E-state index contributed by atoms with van der Waals surface area (Å²) in [6.07, 6.45) is 3.53. The van der Waals surface area contributed by atoms with Crippen LogP contribution in [0.15, 0.2) is 63.3 Å². The van der Waals surface area contributed by atoms with Gasteiger partial charge in [-0.3, -0.25) is 14.0 Å². The zero-order valence-corrected chi connectivity index (χ0v) is 19.5. The van der Waals surface area contributed by atoms with Crippen molar-refractivity contribution in [2.75, 3.05) is 18.0 Å². The molecule has 0 bridgehead atoms. The molecule has 174 valence electrons. The fourth-order valence-corrected chi connectivity index (χ4v) is 5.14. The van der Waals surface area contributed by atoms with E-state index in [9.17, 15) is 23.3 Å². The summed E-state index contributed by atoms with van der Waals surface area (Å²) in [5.74, 6) is -0.415. The molecule has 34 heavy (non-hydrogen) atoms. The third-order valence-electron chi connectivity index (χ3n) is 5.74. The minimum absolute atomic E-state index is 0.0321. The number of halogens is 1. The van der Waals surface area contributed by atoms with Gasteiger partial charge in [0.1, 0.15) is 22.4 Å². The van der Waals surface area contributed by atoms with Gasteiger partial charge in [-0.15, -0.1) is 0 Å². The number of carbonyl (C=O) groups is 1. The van der Waals surface area contributed by atoms with Crippen LogP contribution in [0.3, 0.4) is 0 Å². The van der Waals surface area contributed by atoms with E-state index in [1.165, 1.54) is 34.9 Å². The van der Waals surface area contributed by atoms with Gasteiger partial charge < -0.3 is 10.6 Å². The average molecular weight is 498 g/mol. The van der Waals surface area contributed by atoms with Crippen LogP contribution in [0, 0.1) is 17.2 Å². The Morgan fingerprint density at radius 3 is 2.47 bits per heavy atom. The number of hydrogen-bond donors (Lipinski definition) is 1. The van der Waals surface area contributed by atoms with E-state index < -0.39 is 20.3 Å². The Hall–Kier alpha value is -3.68. The summed E-state index contributed by atoms with van der Waals surface area (Å²) in [5.41, 5.74) is 5.25. The average Bonchev–Trinajstić information content (AvgIpc) is 2.83. The van der Waals surface area contributed by atoms with Crippen molar-refractivity contribution >= 4 is 44.9 Å². The van der Waals surface area contributed by atoms with E-state index in [0.29, 0.717) is 36.6 Å². The highest BCUT2D eigenvalue weighted by Gasteiger charge is 2.28. The van der Waals surface area contributed by atoms with Crippen LogP contribution in [0.5, 0.6) is 0 Å². The number of sulfone groups is 1. The van der Waals surface area contributed by atoms with Gasteiger partial charge in [-0.25, -0.2) is 13.4 Å². The SMILES string of the molecule is N#C/C(=C\c1c(N2CCC(C(N)=O)CC2)nc2ccccn2c1=O)S(=O)(=O)c1ccc(Cl)cc1. The van der Waals surface area contributed by atoms with Crippen molar-refractivity contribution in [3.8, 4) is 6.07 Å². The lowest BCUT2D eigenvalue weighted by molar-refractivity contribution is -0.122. The number of rotatable bonds is 5. The topological polar surface area (TPSA) is 139 Å². The molecule has 11 heteroatoms. The summed E-state index contributed by atoms with van der Waals surface area (Å²) in [4.78, 5) is 30.6. The summed E-state index contributed by atoms with van der Waals surface area (Å²) >= 11 is 5.86. The third-order valence-corrected chi connectivity index (χ3v) is 7.68. The lowest BCUT2D eigenvalue weighted by atomic mass is 9.96. The summed E-state index contributed by atoms with van der Waals surface area (Å²) < 4.78 is 27.5. The maximum Gasteiger partial charge on any atom is 0.267 e. The van der Waals surface area contributed by atoms with Crippen molar-refractivity contribution in [3.63, 3.8) is 0 Å². The number of nitriles is 1. The number of aromatic nitrogens is 2. The predicted molar refractivity (Wildman–Crippen MR) is 128 cm³/mol. The molecule has 0 saturated carbocycles. The third kappa shape index (κ3) is 4.40. The summed E-state index contributed by atoms with van der Waals surface area (Å²) in [7, 11) is -4.22. The first-order chi connectivity index (χ1) is 16.2. The quantitative estimate of drug-likeness (QED) is 0.534. The molecule has 9 nitrogen and oxygen atoms in total. The van der Waals surface area contributed by atoms with Gasteiger partial charge >= 0.3 is 0 Å². The Kier molecular flexibility index (Phi) is 6.41. The molecule has 1 saturated heterocycles. The number of nitrogens with two attached hydrogens (primary N) is 1. The van der Waals surface area contributed by atoms with E-state index in [-0.39, 0.29) is 28.1 Å². The van der Waals surface area contributed by atoms with Gasteiger partial charge in [-0.1, -0.05) is 17.7 Å². The van der Waals surface area contributed by atoms with Crippen molar-refractivity contribution in [1.29, 1.82) is 5.26 Å². The zero-order chi connectivity index (χ0) is 24.5. The molecule has 0 spiro atoms. The van der Waals surface area contributed by atoms with Crippen LogP contribution in [0.2, 0.25) is 5.02 Å². The van der Waals surface area contributed by atoms with Crippen molar-refractivity contribution < 1.29 is 13.2 Å². The number of carbonyl (C=O) groups excluding carboxylic acids is 1. The summed E-state index contributed by atoms with van der Waals surface area (Å²) in [6, 6.07) is 12.2. The molecule has 3 heterocycles. The van der Waals surface area contributed by atoms with Crippen LogP contribution in [-0.2, 0) is 14.6 Å². The first-order valence-corrected chi connectivity index (χ1v) is 12.3. The second-order valence-electron chi connectivity index (χ2n) is 7.82. The molecule has 0 unspecified atom stereocenters. The summed E-state index contributed by atoms with van der Waals surface area (Å²) in [6.45, 7) is 0.797. The molecular formula is C23H20ClN5O4S. The predicted octanol–water partition coefficient (Wildman–Crippen LogP) is 2.39. The molecule has 1 amide bonds. The minimum Gasteiger partial charge on any atom is -0.369 e. The van der Waals surface area contributed by atoms with E-state index in [2.05, 4.69) is 4.98 Å². The number of hydrogen-bond acceptors (Lipinski definition) is 7. The number of allylic oxidation sites excluding steroid dienone is 1. The Morgan fingerprint density at radius 1 is 1.18 bits per heavy atom. The molecule has 1 aromatic carbocycles. The summed E-state index contributed by atoms with van der Waals surface area (Å²) in [5, 5.41) is 10.1. The first kappa shape index (κ1) is 23.5. The molecule has 1 aliphatic rings. The van der Waals surface area contributed by atoms with Gasteiger partial charge in [0.2, 0.25) is 15.7 Å². The molecule has 0 aliphatic carbocycles. The number of pyridine rings is 1. The number of benzene rings is 1. The normalized spacial score (nSPS) is 15.3. The fourth-order valence-electron chi connectivity index (χ4n) is 3.88. The van der Waals surface area contributed by atoms with Crippen LogP contribution < -0.4 is 16.2 Å². The monoisotopic (exact) mass is 497 g/mol. The molecule has 1 fully saturated rings. The molecule has 1 aliphatic heterocycles. The molecule has 2 N–H and O–H groups in total. The van der Waals surface area contributed by atoms with Crippen LogP contribution in [0.4, 0.5) is 5.82 Å². The highest BCUT2D eigenvalue weighted by molar-refractivity contribution is 7.95. The Bertz CT molecular complexity index is 1500. The molecule has 0 atom stereocenters. The van der Waals surface area contributed by atoms with Gasteiger partial charge in [0.15, 0.2) is 0 Å². The number of nitrogens with zero attached hydrogens (tertiary/aromatic N) is 4. The maximum absolute atomic E-state index is 13.4. The molecule has 2 aromatic heterocycles. The molecule has 4 rings (SSSR count). The molecule has 3 aromatic rings. The largest absolute Gasteiger partial charge is 0.369 e. The van der Waals surface area contributed by atoms with E-state index in [4.69, 9.17) is 17.3 Å².